The number of nitrogens with zero attached hydrogens (tertiary/aromatic N) is 2. The van der Waals surface area contributed by atoms with E-state index in [4.69, 9.17) is 10.5 Å². The molecule has 0 fully saturated rings. The highest BCUT2D eigenvalue weighted by molar-refractivity contribution is 7.92. The minimum atomic E-state index is -2.74. The SMILES string of the molecule is CCCN(CCC)C(=O)C1=Cc2ccc(-c3ccc4c(c3)[S@@](=N)(=O)CCC4)cc2N=C(N)C1. The minimum Gasteiger partial charge on any atom is -0.387 e. The summed E-state index contributed by atoms with van der Waals surface area (Å²) in [6, 6.07) is 11.8. The third-order valence-electron chi connectivity index (χ3n) is 6.18. The van der Waals surface area contributed by atoms with E-state index < -0.39 is 9.73 Å². The first kappa shape index (κ1) is 23.2. The fraction of sp³-hybridized carbons (Fsp3) is 0.385. The number of carbonyl (C=O) groups is 1. The number of amidine groups is 1. The van der Waals surface area contributed by atoms with E-state index in [0.29, 0.717) is 28.5 Å². The fourth-order valence-electron chi connectivity index (χ4n) is 4.59. The first-order valence-corrected chi connectivity index (χ1v) is 13.4. The number of benzene rings is 2. The Labute approximate surface area is 196 Å². The Bertz CT molecular complexity index is 1240. The van der Waals surface area contributed by atoms with Crippen LogP contribution in [0.4, 0.5) is 5.69 Å². The van der Waals surface area contributed by atoms with E-state index in [1.165, 1.54) is 0 Å². The van der Waals surface area contributed by atoms with Crippen LogP contribution in [0, 0.1) is 4.78 Å². The van der Waals surface area contributed by atoms with Gasteiger partial charge in [-0.15, -0.1) is 0 Å². The van der Waals surface area contributed by atoms with E-state index in [0.717, 1.165) is 66.7 Å². The number of amides is 1. The van der Waals surface area contributed by atoms with Gasteiger partial charge in [-0.3, -0.25) is 4.79 Å². The van der Waals surface area contributed by atoms with Crippen LogP contribution in [0.2, 0.25) is 0 Å². The zero-order chi connectivity index (χ0) is 23.6. The zero-order valence-electron chi connectivity index (χ0n) is 19.4. The molecular formula is C26H32N4O2S. The van der Waals surface area contributed by atoms with Gasteiger partial charge in [-0.2, -0.15) is 0 Å². The first-order valence-electron chi connectivity index (χ1n) is 11.7. The van der Waals surface area contributed by atoms with Gasteiger partial charge >= 0.3 is 0 Å². The second-order valence-electron chi connectivity index (χ2n) is 8.82. The number of aryl methyl sites for hydroxylation is 1. The van der Waals surface area contributed by atoms with Crippen LogP contribution in [0.1, 0.15) is 50.7 Å². The summed E-state index contributed by atoms with van der Waals surface area (Å²) in [6.07, 6.45) is 5.72. The maximum atomic E-state index is 13.2. The summed E-state index contributed by atoms with van der Waals surface area (Å²) in [4.78, 5) is 20.3. The highest BCUT2D eigenvalue weighted by Gasteiger charge is 2.23. The molecule has 0 saturated heterocycles. The summed E-state index contributed by atoms with van der Waals surface area (Å²) < 4.78 is 21.0. The van der Waals surface area contributed by atoms with E-state index in [9.17, 15) is 9.00 Å². The highest BCUT2D eigenvalue weighted by atomic mass is 32.2. The number of carbonyl (C=O) groups excluding carboxylic acids is 1. The van der Waals surface area contributed by atoms with Crippen LogP contribution >= 0.6 is 0 Å². The van der Waals surface area contributed by atoms with Crippen molar-refractivity contribution in [2.75, 3.05) is 18.8 Å². The minimum absolute atomic E-state index is 0.0219. The molecule has 0 radical (unpaired) electrons. The molecule has 4 rings (SSSR count). The summed E-state index contributed by atoms with van der Waals surface area (Å²) in [6.45, 7) is 5.60. The smallest absolute Gasteiger partial charge is 0.250 e. The molecule has 1 atom stereocenters. The van der Waals surface area contributed by atoms with Gasteiger partial charge in [0, 0.05) is 36.4 Å². The van der Waals surface area contributed by atoms with Gasteiger partial charge in [-0.1, -0.05) is 38.1 Å². The molecule has 33 heavy (non-hydrogen) atoms. The Hall–Kier alpha value is -2.93. The topological polar surface area (TPSA) is 99.6 Å². The van der Waals surface area contributed by atoms with Gasteiger partial charge in [0.2, 0.25) is 5.91 Å². The van der Waals surface area contributed by atoms with Gasteiger partial charge in [-0.05, 0) is 60.6 Å². The van der Waals surface area contributed by atoms with Crippen molar-refractivity contribution >= 4 is 33.2 Å². The third-order valence-corrected chi connectivity index (χ3v) is 8.13. The molecule has 6 nitrogen and oxygen atoms in total. The van der Waals surface area contributed by atoms with Crippen molar-refractivity contribution < 1.29 is 9.00 Å². The van der Waals surface area contributed by atoms with Gasteiger partial charge in [0.05, 0.1) is 20.3 Å². The quantitative estimate of drug-likeness (QED) is 0.620. The Kier molecular flexibility index (Phi) is 6.70. The molecule has 7 heteroatoms. The van der Waals surface area contributed by atoms with Crippen molar-refractivity contribution in [2.45, 2.75) is 50.8 Å². The standard InChI is InChI=1S/C26H32N4O2S/c1-3-11-30(12-4-2)26(31)22-14-21-10-9-19(15-23(21)29-25(27)17-22)20-8-7-18-6-5-13-33(28,32)24(18)16-20/h7-10,14-16,28H,3-6,11-13,17H2,1-2H3,(H2,27,29)/t33-/m0/s1. The van der Waals surface area contributed by atoms with E-state index in [2.05, 4.69) is 18.8 Å². The molecule has 0 aromatic heterocycles. The zero-order valence-corrected chi connectivity index (χ0v) is 20.2. The van der Waals surface area contributed by atoms with Crippen LogP contribution in [-0.4, -0.2) is 39.7 Å². The second kappa shape index (κ2) is 9.51. The Morgan fingerprint density at radius 3 is 2.55 bits per heavy atom. The van der Waals surface area contributed by atoms with Gasteiger partial charge < -0.3 is 10.6 Å². The van der Waals surface area contributed by atoms with E-state index >= 15 is 0 Å². The lowest BCUT2D eigenvalue weighted by Gasteiger charge is -2.22. The van der Waals surface area contributed by atoms with Crippen molar-refractivity contribution in [3.05, 3.63) is 53.1 Å². The first-order chi connectivity index (χ1) is 15.8. The Balaban J connectivity index is 1.71. The average Bonchev–Trinajstić information content (AvgIpc) is 2.95. The number of hydrogen-bond donors (Lipinski definition) is 2. The maximum Gasteiger partial charge on any atom is 0.250 e. The Morgan fingerprint density at radius 2 is 1.82 bits per heavy atom. The van der Waals surface area contributed by atoms with Gasteiger partial charge in [-0.25, -0.2) is 14.0 Å². The molecule has 2 heterocycles. The van der Waals surface area contributed by atoms with Crippen molar-refractivity contribution in [3.63, 3.8) is 0 Å². The van der Waals surface area contributed by atoms with Crippen molar-refractivity contribution in [1.82, 2.24) is 4.90 Å². The second-order valence-corrected chi connectivity index (χ2v) is 11.0. The van der Waals surface area contributed by atoms with Crippen molar-refractivity contribution in [2.24, 2.45) is 10.7 Å². The lowest BCUT2D eigenvalue weighted by atomic mass is 9.99. The Morgan fingerprint density at radius 1 is 1.12 bits per heavy atom. The predicted octanol–water partition coefficient (Wildman–Crippen LogP) is 5.13. The van der Waals surface area contributed by atoms with Gasteiger partial charge in [0.25, 0.3) is 0 Å². The molecule has 0 aliphatic carbocycles. The lowest BCUT2D eigenvalue weighted by molar-refractivity contribution is -0.127. The molecule has 2 aromatic rings. The number of nitrogens with one attached hydrogen (secondary N) is 1. The molecule has 0 spiro atoms. The highest BCUT2D eigenvalue weighted by Crippen LogP contribution is 2.35. The molecule has 1 amide bonds. The summed E-state index contributed by atoms with van der Waals surface area (Å²) in [7, 11) is -2.74. The normalized spacial score (nSPS) is 19.6. The maximum absolute atomic E-state index is 13.2. The van der Waals surface area contributed by atoms with Crippen LogP contribution in [0.15, 0.2) is 51.9 Å². The van der Waals surface area contributed by atoms with Crippen LogP contribution in [-0.2, 0) is 20.9 Å². The molecule has 3 N–H and O–H groups in total. The average molecular weight is 465 g/mol. The van der Waals surface area contributed by atoms with Crippen LogP contribution in [0.25, 0.3) is 17.2 Å². The number of aliphatic imine (C=N–C) groups is 1. The van der Waals surface area contributed by atoms with Gasteiger partial charge in [0.15, 0.2) is 0 Å². The summed E-state index contributed by atoms with van der Waals surface area (Å²) >= 11 is 0. The molecule has 0 unspecified atom stereocenters. The number of hydrogen-bond acceptors (Lipinski definition) is 5. The third kappa shape index (κ3) is 4.88. The lowest BCUT2D eigenvalue weighted by Crippen LogP contribution is -2.34. The monoisotopic (exact) mass is 464 g/mol. The summed E-state index contributed by atoms with van der Waals surface area (Å²) in [5.74, 6) is 0.857. The van der Waals surface area contributed by atoms with E-state index in [1.54, 1.807) is 0 Å². The molecular weight excluding hydrogens is 432 g/mol. The molecule has 2 aliphatic rings. The molecule has 2 aliphatic heterocycles. The van der Waals surface area contributed by atoms with Gasteiger partial charge in [0.1, 0.15) is 5.84 Å². The van der Waals surface area contributed by atoms with Crippen LogP contribution in [0.5, 0.6) is 0 Å². The van der Waals surface area contributed by atoms with E-state index in [-0.39, 0.29) is 5.91 Å². The molecule has 2 aromatic carbocycles. The van der Waals surface area contributed by atoms with Crippen molar-refractivity contribution in [1.29, 1.82) is 4.78 Å². The molecule has 174 valence electrons. The largest absolute Gasteiger partial charge is 0.387 e. The number of rotatable bonds is 6. The molecule has 0 bridgehead atoms. The molecule has 0 saturated carbocycles. The van der Waals surface area contributed by atoms with Crippen LogP contribution < -0.4 is 5.73 Å². The fourth-order valence-corrected chi connectivity index (χ4v) is 6.27. The number of nitrogens with two attached hydrogens (primary N) is 1. The predicted molar refractivity (Wildman–Crippen MR) is 135 cm³/mol. The van der Waals surface area contributed by atoms with E-state index in [1.807, 2.05) is 47.4 Å². The van der Waals surface area contributed by atoms with Crippen molar-refractivity contribution in [3.8, 4) is 11.1 Å². The summed E-state index contributed by atoms with van der Waals surface area (Å²) in [5.41, 5.74) is 11.3. The summed E-state index contributed by atoms with van der Waals surface area (Å²) in [5, 5.41) is 0. The number of fused-ring (bicyclic) bond motifs is 2. The van der Waals surface area contributed by atoms with Crippen LogP contribution in [0.3, 0.4) is 0 Å².